The minimum Gasteiger partial charge on any atom is -0.257 e. The first-order valence-corrected chi connectivity index (χ1v) is 35.2. The number of para-hydroxylation sites is 1. The Kier molecular flexibility index (Phi) is 28.9. The van der Waals surface area contributed by atoms with Crippen molar-refractivity contribution in [2.45, 2.75) is 213 Å². The topological polar surface area (TPSA) is 77.3 Å². The second-order valence-corrected chi connectivity index (χ2v) is 24.1. The number of fused-ring (bicyclic) bond motifs is 6. The fourth-order valence-corrected chi connectivity index (χ4v) is 13.4. The van der Waals surface area contributed by atoms with Crippen LogP contribution >= 0.6 is 0 Å². The highest BCUT2D eigenvalue weighted by molar-refractivity contribution is 5.89. The van der Waals surface area contributed by atoms with E-state index in [0.717, 1.165) is 92.9 Å². The second-order valence-electron chi connectivity index (χ2n) is 24.1. The van der Waals surface area contributed by atoms with Gasteiger partial charge in [-0.25, -0.2) is 9.97 Å². The highest BCUT2D eigenvalue weighted by atomic mass is 14.8. The lowest BCUT2D eigenvalue weighted by molar-refractivity contribution is 0.881. The molecular weight excluding hydrogens is 1120 g/mol. The third-order valence-electron chi connectivity index (χ3n) is 17.8. The van der Waals surface area contributed by atoms with Crippen LogP contribution in [0, 0.1) is 13.8 Å². The lowest BCUT2D eigenvalue weighted by Crippen LogP contribution is -2.00. The van der Waals surface area contributed by atoms with E-state index in [1.807, 2.05) is 30.7 Å². The number of nitrogens with zero attached hydrogens (tertiary/aromatic N) is 6. The third kappa shape index (κ3) is 18.1. The summed E-state index contributed by atoms with van der Waals surface area (Å²) < 4.78 is 0. The molecule has 12 rings (SSSR count). The first-order valence-electron chi connectivity index (χ1n) is 35.2. The quantitative estimate of drug-likeness (QED) is 0.0852. The van der Waals surface area contributed by atoms with Crippen molar-refractivity contribution in [1.29, 1.82) is 0 Å². The molecule has 0 fully saturated rings. The molecule has 5 aromatic heterocycles. The van der Waals surface area contributed by atoms with Gasteiger partial charge in [-0.3, -0.25) is 19.9 Å². The average molecular weight is 1220 g/mol. The minimum atomic E-state index is 1.03. The predicted octanol–water partition coefficient (Wildman–Crippen LogP) is 23.1. The smallest absolute Gasteiger partial charge is 0.116 e. The van der Waals surface area contributed by atoms with Crippen LogP contribution in [-0.2, 0) is 77.0 Å². The number of pyridine rings is 4. The molecule has 0 radical (unpaired) electrons. The van der Waals surface area contributed by atoms with Crippen molar-refractivity contribution in [1.82, 2.24) is 29.9 Å². The molecule has 12 aromatic rings. The van der Waals surface area contributed by atoms with Crippen molar-refractivity contribution in [3.8, 4) is 0 Å². The molecule has 0 aliphatic carbocycles. The van der Waals surface area contributed by atoms with Gasteiger partial charge in [0.15, 0.2) is 0 Å². The van der Waals surface area contributed by atoms with Crippen molar-refractivity contribution in [3.05, 3.63) is 249 Å². The molecule has 7 aromatic carbocycles. The zero-order valence-electron chi connectivity index (χ0n) is 58.6. The van der Waals surface area contributed by atoms with Gasteiger partial charge in [0.1, 0.15) is 6.33 Å². The van der Waals surface area contributed by atoms with Gasteiger partial charge < -0.3 is 0 Å². The maximum Gasteiger partial charge on any atom is 0.116 e. The first kappa shape index (κ1) is 71.2. The van der Waals surface area contributed by atoms with Crippen LogP contribution in [0.15, 0.2) is 171 Å². The lowest BCUT2D eigenvalue weighted by Gasteiger charge is -2.13. The van der Waals surface area contributed by atoms with Crippen LogP contribution in [0.3, 0.4) is 0 Å². The Morgan fingerprint density at radius 1 is 0.283 bits per heavy atom. The van der Waals surface area contributed by atoms with Crippen LogP contribution in [-0.4, -0.2) is 29.9 Å². The van der Waals surface area contributed by atoms with Crippen molar-refractivity contribution in [2.75, 3.05) is 0 Å². The summed E-state index contributed by atoms with van der Waals surface area (Å²) >= 11 is 0. The third-order valence-corrected chi connectivity index (χ3v) is 17.8. The van der Waals surface area contributed by atoms with Crippen LogP contribution in [0.5, 0.6) is 0 Å². The van der Waals surface area contributed by atoms with Gasteiger partial charge in [0, 0.05) is 62.6 Å². The van der Waals surface area contributed by atoms with E-state index < -0.39 is 0 Å². The number of hydrogen-bond donors (Lipinski definition) is 0. The summed E-state index contributed by atoms with van der Waals surface area (Å²) in [5, 5.41) is 10.7. The van der Waals surface area contributed by atoms with E-state index in [4.69, 9.17) is 4.98 Å². The van der Waals surface area contributed by atoms with Crippen LogP contribution < -0.4 is 0 Å². The van der Waals surface area contributed by atoms with E-state index in [1.165, 1.54) is 161 Å². The van der Waals surface area contributed by atoms with Gasteiger partial charge in [-0.2, -0.15) is 0 Å². The summed E-state index contributed by atoms with van der Waals surface area (Å²) in [7, 11) is 0. The number of hydrogen-bond acceptors (Lipinski definition) is 6. The summed E-state index contributed by atoms with van der Waals surface area (Å²) in [5.41, 5.74) is 24.3. The van der Waals surface area contributed by atoms with Crippen molar-refractivity contribution in [2.24, 2.45) is 0 Å². The molecule has 0 aliphatic heterocycles. The monoisotopic (exact) mass is 1220 g/mol. The molecular formula is C86H106N6. The molecule has 0 amide bonds. The Labute approximate surface area is 553 Å². The van der Waals surface area contributed by atoms with E-state index in [0.29, 0.717) is 0 Å². The zero-order chi connectivity index (χ0) is 65.8. The molecule has 0 bridgehead atoms. The average Bonchev–Trinajstić information content (AvgIpc) is 1.15. The normalized spacial score (nSPS) is 10.8. The van der Waals surface area contributed by atoms with Crippen LogP contribution in [0.25, 0.3) is 65.2 Å². The standard InChI is InChI=1S/2C15H19N.C15H18.2C14H17N.C13H16N2/c1-4-8-14-13-10-7-6-9-12(13)11(3)16-15(14)5-2;1-4-8-13-12(5-2)11(3)16-15-10-7-6-9-14(13)15;1-3-7-14-12(4-2)10-11-13-8-5-6-9-15(13)14;1-3-6-13-11(4-2)8-9-12-7-5-10-15-14(12)13;1-3-6-12-11(4-2)8-9-14-13(12)7-5-10-15-14;1-3-5-11-10(4-2)6-7-13-12(11)8-14-9-15-13/h2*6-7,9-10H,4-5,8H2,1-3H3;5-6,8-11H,3-4,7H2,1-2H3;2*5,7-10H,3-4,6H2,1-2H3;6-9H,3-5H2,1-2H3. The molecule has 480 valence electrons. The molecule has 92 heavy (non-hydrogen) atoms. The summed E-state index contributed by atoms with van der Waals surface area (Å²) in [6.07, 6.45) is 27.9. The van der Waals surface area contributed by atoms with Gasteiger partial charge in [-0.05, 0) is 199 Å². The minimum absolute atomic E-state index is 1.03. The van der Waals surface area contributed by atoms with E-state index >= 15 is 0 Å². The Hall–Kier alpha value is -8.22. The van der Waals surface area contributed by atoms with Gasteiger partial charge >= 0.3 is 0 Å². The first-order chi connectivity index (χ1) is 45.0. The second kappa shape index (κ2) is 37.3. The molecule has 6 nitrogen and oxygen atoms in total. The van der Waals surface area contributed by atoms with Gasteiger partial charge in [-0.1, -0.05) is 237 Å². The van der Waals surface area contributed by atoms with Crippen molar-refractivity contribution >= 4 is 65.2 Å². The molecule has 0 aliphatic rings. The Morgan fingerprint density at radius 2 is 0.728 bits per heavy atom. The molecule has 5 heterocycles. The summed E-state index contributed by atoms with van der Waals surface area (Å²) in [6.45, 7) is 30.9. The van der Waals surface area contributed by atoms with Gasteiger partial charge in [-0.15, -0.1) is 0 Å². The molecule has 6 heteroatoms. The number of aromatic nitrogens is 6. The Bertz CT molecular complexity index is 3900. The van der Waals surface area contributed by atoms with Crippen LogP contribution in [0.4, 0.5) is 0 Å². The van der Waals surface area contributed by atoms with E-state index in [2.05, 4.69) is 255 Å². The highest BCUT2D eigenvalue weighted by Crippen LogP contribution is 2.30. The highest BCUT2D eigenvalue weighted by Gasteiger charge is 2.13. The van der Waals surface area contributed by atoms with Crippen molar-refractivity contribution < 1.29 is 0 Å². The number of benzene rings is 7. The zero-order valence-corrected chi connectivity index (χ0v) is 58.6. The lowest BCUT2D eigenvalue weighted by atomic mass is 9.94. The molecule has 0 N–H and O–H groups in total. The Balaban J connectivity index is 0.000000157. The van der Waals surface area contributed by atoms with Gasteiger partial charge in [0.2, 0.25) is 0 Å². The SMILES string of the molecule is CCCc1c(CC)c(C)nc2ccccc12.CCCc1c(CC)ccc2ccccc12.CCCc1c(CC)ccc2cccnc12.CCCc1c(CC)ccc2ncccc12.CCCc1c(CC)ccc2ncncc12.CCCc1c(CC)nc(C)c2ccccc12. The molecule has 0 saturated heterocycles. The van der Waals surface area contributed by atoms with Gasteiger partial charge in [0.05, 0.1) is 22.1 Å². The maximum atomic E-state index is 4.74. The fourth-order valence-electron chi connectivity index (χ4n) is 13.4. The summed E-state index contributed by atoms with van der Waals surface area (Å²) in [5.74, 6) is 0. The predicted molar refractivity (Wildman–Crippen MR) is 400 cm³/mol. The molecule has 0 saturated carbocycles. The number of aryl methyl sites for hydroxylation is 13. The molecule has 0 atom stereocenters. The Morgan fingerprint density at radius 3 is 1.34 bits per heavy atom. The van der Waals surface area contributed by atoms with Crippen LogP contribution in [0.2, 0.25) is 0 Å². The number of rotatable bonds is 18. The van der Waals surface area contributed by atoms with Crippen molar-refractivity contribution in [3.63, 3.8) is 0 Å². The van der Waals surface area contributed by atoms with E-state index in [1.54, 1.807) is 11.9 Å². The fraction of sp³-hybridized carbons (Fsp3) is 0.372. The van der Waals surface area contributed by atoms with E-state index in [-0.39, 0.29) is 0 Å². The van der Waals surface area contributed by atoms with E-state index in [9.17, 15) is 0 Å². The van der Waals surface area contributed by atoms with Gasteiger partial charge in [0.25, 0.3) is 0 Å². The maximum absolute atomic E-state index is 4.74. The largest absolute Gasteiger partial charge is 0.257 e. The summed E-state index contributed by atoms with van der Waals surface area (Å²) in [6, 6.07) is 51.8. The molecule has 0 unspecified atom stereocenters. The summed E-state index contributed by atoms with van der Waals surface area (Å²) in [4.78, 5) is 26.7. The molecule has 0 spiro atoms. The van der Waals surface area contributed by atoms with Crippen LogP contribution in [0.1, 0.15) is 200 Å².